The van der Waals surface area contributed by atoms with Gasteiger partial charge < -0.3 is 10.1 Å². The van der Waals surface area contributed by atoms with E-state index in [9.17, 15) is 4.79 Å². The van der Waals surface area contributed by atoms with Crippen LogP contribution in [-0.4, -0.2) is 25.7 Å². The minimum absolute atomic E-state index is 0.235. The highest BCUT2D eigenvalue weighted by molar-refractivity contribution is 5.70. The molecule has 0 aliphatic carbocycles. The highest BCUT2D eigenvalue weighted by atomic mass is 16.5. The molecule has 1 rings (SSSR count). The van der Waals surface area contributed by atoms with Crippen LogP contribution >= 0.6 is 0 Å². The van der Waals surface area contributed by atoms with E-state index in [0.29, 0.717) is 6.61 Å². The van der Waals surface area contributed by atoms with Crippen molar-refractivity contribution in [2.45, 2.75) is 26.2 Å². The van der Waals surface area contributed by atoms with E-state index in [2.05, 4.69) is 11.4 Å². The molecule has 1 fully saturated rings. The summed E-state index contributed by atoms with van der Waals surface area (Å²) in [6.45, 7) is 3.79. The number of nitrogens with zero attached hydrogens (tertiary/aromatic N) is 1. The minimum atomic E-state index is -0.489. The van der Waals surface area contributed by atoms with Gasteiger partial charge in [0.2, 0.25) is 0 Å². The van der Waals surface area contributed by atoms with Crippen molar-refractivity contribution in [1.29, 1.82) is 5.26 Å². The maximum Gasteiger partial charge on any atom is 0.307 e. The summed E-state index contributed by atoms with van der Waals surface area (Å²) in [5, 5.41) is 12.2. The van der Waals surface area contributed by atoms with E-state index in [1.165, 1.54) is 0 Å². The van der Waals surface area contributed by atoms with Crippen molar-refractivity contribution in [2.24, 2.45) is 5.41 Å². The third-order valence-corrected chi connectivity index (χ3v) is 2.59. The molecule has 0 amide bonds. The Balaban J connectivity index is 2.52. The predicted octanol–water partition coefficient (Wildman–Crippen LogP) is 0.833. The fourth-order valence-electron chi connectivity index (χ4n) is 1.72. The Kier molecular flexibility index (Phi) is 3.90. The highest BCUT2D eigenvalue weighted by Gasteiger charge is 2.34. The normalized spacial score (nSPS) is 19.7. The fraction of sp³-hybridized carbons (Fsp3) is 0.800. The molecule has 0 aromatic heterocycles. The van der Waals surface area contributed by atoms with Crippen LogP contribution in [0.25, 0.3) is 0 Å². The summed E-state index contributed by atoms with van der Waals surface area (Å²) in [6, 6.07) is 2.27. The summed E-state index contributed by atoms with van der Waals surface area (Å²) in [6.07, 6.45) is 1.71. The third kappa shape index (κ3) is 2.71. The number of nitrogens with one attached hydrogen (secondary N) is 1. The van der Waals surface area contributed by atoms with Gasteiger partial charge >= 0.3 is 5.97 Å². The van der Waals surface area contributed by atoms with Crippen LogP contribution in [0.5, 0.6) is 0 Å². The van der Waals surface area contributed by atoms with Crippen LogP contribution in [0.2, 0.25) is 0 Å². The van der Waals surface area contributed by atoms with E-state index >= 15 is 0 Å². The van der Waals surface area contributed by atoms with Crippen LogP contribution in [0.15, 0.2) is 0 Å². The van der Waals surface area contributed by atoms with Gasteiger partial charge in [-0.15, -0.1) is 0 Å². The van der Waals surface area contributed by atoms with Crippen molar-refractivity contribution < 1.29 is 9.53 Å². The Hall–Kier alpha value is -1.08. The molecule has 1 N–H and O–H groups in total. The van der Waals surface area contributed by atoms with Crippen molar-refractivity contribution in [3.63, 3.8) is 0 Å². The second-order valence-corrected chi connectivity index (χ2v) is 3.62. The van der Waals surface area contributed by atoms with Crippen molar-refractivity contribution in [2.75, 3.05) is 19.7 Å². The molecular weight excluding hydrogens is 180 g/mol. The highest BCUT2D eigenvalue weighted by Crippen LogP contribution is 2.31. The molecule has 1 saturated heterocycles. The lowest BCUT2D eigenvalue weighted by atomic mass is 9.77. The van der Waals surface area contributed by atoms with E-state index in [1.807, 2.05) is 0 Å². The summed E-state index contributed by atoms with van der Waals surface area (Å²) in [4.78, 5) is 11.3. The topological polar surface area (TPSA) is 62.1 Å². The minimum Gasteiger partial charge on any atom is -0.466 e. The van der Waals surface area contributed by atoms with Crippen LogP contribution in [0.3, 0.4) is 0 Å². The van der Waals surface area contributed by atoms with Gasteiger partial charge in [-0.3, -0.25) is 4.79 Å². The predicted molar refractivity (Wildman–Crippen MR) is 51.4 cm³/mol. The number of nitriles is 1. The molecule has 0 radical (unpaired) electrons. The van der Waals surface area contributed by atoms with Gasteiger partial charge in [0, 0.05) is 0 Å². The second-order valence-electron chi connectivity index (χ2n) is 3.62. The average Bonchev–Trinajstić information content (AvgIpc) is 2.19. The summed E-state index contributed by atoms with van der Waals surface area (Å²) in [5.41, 5.74) is -0.489. The summed E-state index contributed by atoms with van der Waals surface area (Å²) >= 11 is 0. The van der Waals surface area contributed by atoms with Gasteiger partial charge in [-0.25, -0.2) is 0 Å². The second kappa shape index (κ2) is 4.97. The number of hydrogen-bond donors (Lipinski definition) is 1. The smallest absolute Gasteiger partial charge is 0.307 e. The molecule has 0 atom stereocenters. The SMILES string of the molecule is CCOC(=O)CC1(C#N)CCNCC1. The first-order chi connectivity index (χ1) is 6.72. The maximum absolute atomic E-state index is 11.3. The molecule has 0 bridgehead atoms. The van der Waals surface area contributed by atoms with E-state index in [-0.39, 0.29) is 12.4 Å². The van der Waals surface area contributed by atoms with Gasteiger partial charge in [-0.05, 0) is 32.9 Å². The third-order valence-electron chi connectivity index (χ3n) is 2.59. The number of carbonyl (C=O) groups is 1. The standard InChI is InChI=1S/C10H16N2O2/c1-2-14-9(13)7-10(8-11)3-5-12-6-4-10/h12H,2-7H2,1H3. The molecule has 4 heteroatoms. The molecule has 0 spiro atoms. The van der Waals surface area contributed by atoms with Crippen LogP contribution in [0.4, 0.5) is 0 Å². The first-order valence-corrected chi connectivity index (χ1v) is 5.00. The largest absolute Gasteiger partial charge is 0.466 e. The molecule has 0 unspecified atom stereocenters. The van der Waals surface area contributed by atoms with Crippen molar-refractivity contribution in [1.82, 2.24) is 5.32 Å². The monoisotopic (exact) mass is 196 g/mol. The molecule has 14 heavy (non-hydrogen) atoms. The Morgan fingerprint density at radius 3 is 2.71 bits per heavy atom. The maximum atomic E-state index is 11.3. The molecule has 1 heterocycles. The molecule has 0 aromatic rings. The van der Waals surface area contributed by atoms with E-state index in [0.717, 1.165) is 25.9 Å². The first kappa shape index (κ1) is 11.0. The van der Waals surface area contributed by atoms with Gasteiger partial charge in [-0.2, -0.15) is 5.26 Å². The van der Waals surface area contributed by atoms with Gasteiger partial charge in [0.05, 0.1) is 24.5 Å². The molecular formula is C10H16N2O2. The van der Waals surface area contributed by atoms with Gasteiger partial charge in [-0.1, -0.05) is 0 Å². The molecule has 1 aliphatic rings. The zero-order valence-electron chi connectivity index (χ0n) is 8.51. The lowest BCUT2D eigenvalue weighted by Gasteiger charge is -2.29. The summed E-state index contributed by atoms with van der Waals surface area (Å²) in [5.74, 6) is -0.254. The number of carbonyl (C=O) groups excluding carboxylic acids is 1. The van der Waals surface area contributed by atoms with Crippen molar-refractivity contribution >= 4 is 5.97 Å². The van der Waals surface area contributed by atoms with Crippen molar-refractivity contribution in [3.05, 3.63) is 0 Å². The molecule has 4 nitrogen and oxygen atoms in total. The van der Waals surface area contributed by atoms with Gasteiger partial charge in [0.1, 0.15) is 0 Å². The number of rotatable bonds is 3. The van der Waals surface area contributed by atoms with Crippen LogP contribution in [0.1, 0.15) is 26.2 Å². The van der Waals surface area contributed by atoms with E-state index in [1.54, 1.807) is 6.92 Å². The zero-order valence-corrected chi connectivity index (χ0v) is 8.51. The number of ether oxygens (including phenoxy) is 1. The molecule has 0 aromatic carbocycles. The van der Waals surface area contributed by atoms with Crippen LogP contribution < -0.4 is 5.32 Å². The molecule has 1 aliphatic heterocycles. The van der Waals surface area contributed by atoms with Crippen LogP contribution in [-0.2, 0) is 9.53 Å². The zero-order chi connectivity index (χ0) is 10.4. The Morgan fingerprint density at radius 2 is 2.21 bits per heavy atom. The summed E-state index contributed by atoms with van der Waals surface area (Å²) in [7, 11) is 0. The van der Waals surface area contributed by atoms with E-state index in [4.69, 9.17) is 10.00 Å². The molecule has 78 valence electrons. The summed E-state index contributed by atoms with van der Waals surface area (Å²) < 4.78 is 4.86. The first-order valence-electron chi connectivity index (χ1n) is 5.00. The lowest BCUT2D eigenvalue weighted by Crippen LogP contribution is -2.37. The van der Waals surface area contributed by atoms with Crippen LogP contribution in [0, 0.1) is 16.7 Å². The number of esters is 1. The Labute approximate surface area is 84.2 Å². The Morgan fingerprint density at radius 1 is 1.57 bits per heavy atom. The van der Waals surface area contributed by atoms with Gasteiger partial charge in [0.15, 0.2) is 0 Å². The van der Waals surface area contributed by atoms with Gasteiger partial charge in [0.25, 0.3) is 0 Å². The quantitative estimate of drug-likeness (QED) is 0.679. The molecule has 0 saturated carbocycles. The Bertz CT molecular complexity index is 239. The van der Waals surface area contributed by atoms with Crippen molar-refractivity contribution in [3.8, 4) is 6.07 Å². The number of piperidine rings is 1. The fourth-order valence-corrected chi connectivity index (χ4v) is 1.72. The van der Waals surface area contributed by atoms with E-state index < -0.39 is 5.41 Å². The number of hydrogen-bond acceptors (Lipinski definition) is 4. The average molecular weight is 196 g/mol. The lowest BCUT2D eigenvalue weighted by molar-refractivity contribution is -0.145.